The minimum absolute atomic E-state index is 0.185. The Balaban J connectivity index is 1.62. The van der Waals surface area contributed by atoms with Crippen LogP contribution in [0, 0.1) is 5.41 Å². The second kappa shape index (κ2) is 7.80. The zero-order valence-corrected chi connectivity index (χ0v) is 12.9. The molecule has 0 saturated heterocycles. The molecule has 0 spiro atoms. The van der Waals surface area contributed by atoms with E-state index in [0.717, 1.165) is 19.4 Å². The van der Waals surface area contributed by atoms with E-state index in [1.165, 1.54) is 44.2 Å². The Kier molecular flexibility index (Phi) is 6.06. The first kappa shape index (κ1) is 15.5. The highest BCUT2D eigenvalue weighted by molar-refractivity contribution is 5.18. The lowest BCUT2D eigenvalue weighted by atomic mass is 9.83. The zero-order chi connectivity index (χ0) is 14.3. The third kappa shape index (κ3) is 4.32. The molecule has 112 valence electrons. The van der Waals surface area contributed by atoms with Gasteiger partial charge in [-0.1, -0.05) is 50.1 Å². The van der Waals surface area contributed by atoms with E-state index in [-0.39, 0.29) is 6.04 Å². The lowest BCUT2D eigenvalue weighted by molar-refractivity contribution is 0.268. The van der Waals surface area contributed by atoms with Gasteiger partial charge in [0.25, 0.3) is 0 Å². The van der Waals surface area contributed by atoms with Gasteiger partial charge in [-0.3, -0.25) is 0 Å². The van der Waals surface area contributed by atoms with Crippen LogP contribution in [0.2, 0.25) is 0 Å². The van der Waals surface area contributed by atoms with E-state index in [4.69, 9.17) is 5.73 Å². The van der Waals surface area contributed by atoms with Gasteiger partial charge in [0.2, 0.25) is 0 Å². The van der Waals surface area contributed by atoms with Crippen molar-refractivity contribution in [2.24, 2.45) is 11.1 Å². The van der Waals surface area contributed by atoms with Crippen molar-refractivity contribution in [2.45, 2.75) is 57.9 Å². The van der Waals surface area contributed by atoms with E-state index >= 15 is 0 Å². The van der Waals surface area contributed by atoms with Crippen LogP contribution in [0.3, 0.4) is 0 Å². The Morgan fingerprint density at radius 2 is 1.90 bits per heavy atom. The Hall–Kier alpha value is -0.860. The molecule has 1 saturated carbocycles. The van der Waals surface area contributed by atoms with Crippen LogP contribution >= 0.6 is 0 Å². The van der Waals surface area contributed by atoms with Crippen LogP contribution in [0.1, 0.15) is 63.5 Å². The van der Waals surface area contributed by atoms with Crippen molar-refractivity contribution < 1.29 is 0 Å². The molecule has 0 amide bonds. The smallest absolute Gasteiger partial charge is 0.0295 e. The maximum absolute atomic E-state index is 6.22. The fraction of sp³-hybridized carbons (Fsp3) is 0.667. The summed E-state index contributed by atoms with van der Waals surface area (Å²) < 4.78 is 0. The number of benzene rings is 1. The first-order valence-electron chi connectivity index (χ1n) is 8.27. The van der Waals surface area contributed by atoms with Crippen molar-refractivity contribution in [3.8, 4) is 0 Å². The average molecular weight is 274 g/mol. The van der Waals surface area contributed by atoms with Crippen LogP contribution in [0.25, 0.3) is 0 Å². The first-order chi connectivity index (χ1) is 9.76. The zero-order valence-electron chi connectivity index (χ0n) is 12.9. The molecule has 2 heteroatoms. The molecule has 0 aromatic heterocycles. The molecule has 1 aromatic rings. The normalized spacial score (nSPS) is 19.1. The minimum Gasteiger partial charge on any atom is -0.324 e. The molecule has 0 radical (unpaired) electrons. The maximum Gasteiger partial charge on any atom is 0.0295 e. The second-order valence-corrected chi connectivity index (χ2v) is 6.40. The summed E-state index contributed by atoms with van der Waals surface area (Å²) in [6.45, 7) is 4.64. The summed E-state index contributed by atoms with van der Waals surface area (Å²) in [5.74, 6) is 0. The summed E-state index contributed by atoms with van der Waals surface area (Å²) in [5.41, 5.74) is 8.08. The van der Waals surface area contributed by atoms with Gasteiger partial charge < -0.3 is 11.1 Å². The fourth-order valence-corrected chi connectivity index (χ4v) is 3.45. The van der Waals surface area contributed by atoms with Crippen molar-refractivity contribution >= 4 is 0 Å². The largest absolute Gasteiger partial charge is 0.324 e. The highest BCUT2D eigenvalue weighted by Gasteiger charge is 2.31. The van der Waals surface area contributed by atoms with Gasteiger partial charge in [0.05, 0.1) is 0 Å². The molecule has 1 aromatic carbocycles. The Morgan fingerprint density at radius 3 is 2.55 bits per heavy atom. The predicted octanol–water partition coefficient (Wildman–Crippen LogP) is 4.03. The SMILES string of the molecule is CCC1(CNCCCC(N)c2ccccc2)CCCC1. The molecular weight excluding hydrogens is 244 g/mol. The number of nitrogens with two attached hydrogens (primary N) is 1. The van der Waals surface area contributed by atoms with Crippen LogP contribution in [0.4, 0.5) is 0 Å². The van der Waals surface area contributed by atoms with Crippen LogP contribution in [0.5, 0.6) is 0 Å². The monoisotopic (exact) mass is 274 g/mol. The standard InChI is InChI=1S/C18H30N2/c1-2-18(12-6-7-13-18)15-20-14-8-11-17(19)16-9-4-3-5-10-16/h3-5,9-10,17,20H,2,6-8,11-15,19H2,1H3. The van der Waals surface area contributed by atoms with Crippen molar-refractivity contribution in [2.75, 3.05) is 13.1 Å². The van der Waals surface area contributed by atoms with Gasteiger partial charge in [-0.2, -0.15) is 0 Å². The number of nitrogens with one attached hydrogen (secondary N) is 1. The molecule has 2 rings (SSSR count). The van der Waals surface area contributed by atoms with Gasteiger partial charge >= 0.3 is 0 Å². The van der Waals surface area contributed by atoms with Crippen molar-refractivity contribution in [1.82, 2.24) is 5.32 Å². The molecule has 3 N–H and O–H groups in total. The molecule has 1 atom stereocenters. The summed E-state index contributed by atoms with van der Waals surface area (Å²) in [4.78, 5) is 0. The van der Waals surface area contributed by atoms with Crippen LogP contribution in [-0.4, -0.2) is 13.1 Å². The van der Waals surface area contributed by atoms with Crippen LogP contribution in [0.15, 0.2) is 30.3 Å². The quantitative estimate of drug-likeness (QED) is 0.702. The topological polar surface area (TPSA) is 38.0 Å². The van der Waals surface area contributed by atoms with E-state index in [1.54, 1.807) is 0 Å². The fourth-order valence-electron chi connectivity index (χ4n) is 3.45. The van der Waals surface area contributed by atoms with E-state index in [9.17, 15) is 0 Å². The van der Waals surface area contributed by atoms with Gasteiger partial charge in [0, 0.05) is 12.6 Å². The number of rotatable bonds is 8. The summed E-state index contributed by atoms with van der Waals surface area (Å²) in [7, 11) is 0. The predicted molar refractivity (Wildman–Crippen MR) is 86.7 cm³/mol. The lowest BCUT2D eigenvalue weighted by Crippen LogP contribution is -2.32. The average Bonchev–Trinajstić information content (AvgIpc) is 2.97. The van der Waals surface area contributed by atoms with E-state index in [0.29, 0.717) is 5.41 Å². The Labute approximate surface area is 124 Å². The summed E-state index contributed by atoms with van der Waals surface area (Å²) in [6.07, 6.45) is 9.23. The molecule has 0 heterocycles. The van der Waals surface area contributed by atoms with Crippen molar-refractivity contribution in [3.63, 3.8) is 0 Å². The molecular formula is C18H30N2. The summed E-state index contributed by atoms with van der Waals surface area (Å²) >= 11 is 0. The van der Waals surface area contributed by atoms with Crippen molar-refractivity contribution in [3.05, 3.63) is 35.9 Å². The molecule has 1 fully saturated rings. The molecule has 1 aliphatic rings. The Bertz CT molecular complexity index is 368. The van der Waals surface area contributed by atoms with E-state index < -0.39 is 0 Å². The van der Waals surface area contributed by atoms with E-state index in [1.807, 2.05) is 6.07 Å². The van der Waals surface area contributed by atoms with Gasteiger partial charge in [-0.15, -0.1) is 0 Å². The van der Waals surface area contributed by atoms with Gasteiger partial charge in [0.1, 0.15) is 0 Å². The highest BCUT2D eigenvalue weighted by Crippen LogP contribution is 2.40. The maximum atomic E-state index is 6.22. The molecule has 0 aliphatic heterocycles. The number of hydrogen-bond donors (Lipinski definition) is 2. The number of hydrogen-bond acceptors (Lipinski definition) is 2. The van der Waals surface area contributed by atoms with Gasteiger partial charge in [-0.25, -0.2) is 0 Å². The van der Waals surface area contributed by atoms with Crippen molar-refractivity contribution in [1.29, 1.82) is 0 Å². The van der Waals surface area contributed by atoms with Crippen LogP contribution < -0.4 is 11.1 Å². The molecule has 2 nitrogen and oxygen atoms in total. The molecule has 1 unspecified atom stereocenters. The third-order valence-corrected chi connectivity index (χ3v) is 5.01. The highest BCUT2D eigenvalue weighted by atomic mass is 14.9. The van der Waals surface area contributed by atoms with Gasteiger partial charge in [-0.05, 0) is 49.6 Å². The van der Waals surface area contributed by atoms with Crippen LogP contribution in [-0.2, 0) is 0 Å². The molecule has 1 aliphatic carbocycles. The minimum atomic E-state index is 0.185. The van der Waals surface area contributed by atoms with E-state index in [2.05, 4.69) is 36.5 Å². The van der Waals surface area contributed by atoms with Gasteiger partial charge in [0.15, 0.2) is 0 Å². The molecule has 20 heavy (non-hydrogen) atoms. The first-order valence-corrected chi connectivity index (χ1v) is 8.27. The second-order valence-electron chi connectivity index (χ2n) is 6.40. The Morgan fingerprint density at radius 1 is 1.20 bits per heavy atom. The lowest BCUT2D eigenvalue weighted by Gasteiger charge is -2.28. The third-order valence-electron chi connectivity index (χ3n) is 5.01. The summed E-state index contributed by atoms with van der Waals surface area (Å²) in [6, 6.07) is 10.6. The molecule has 0 bridgehead atoms. The summed E-state index contributed by atoms with van der Waals surface area (Å²) in [5, 5.41) is 3.67.